The number of furan rings is 1. The number of piperidine rings is 1. The summed E-state index contributed by atoms with van der Waals surface area (Å²) in [5.74, 6) is 2.23. The Hall–Kier alpha value is -0.800. The van der Waals surface area contributed by atoms with Crippen molar-refractivity contribution in [3.05, 3.63) is 23.2 Å². The second kappa shape index (κ2) is 5.68. The van der Waals surface area contributed by atoms with E-state index < -0.39 is 0 Å². The molecule has 106 valence electrons. The summed E-state index contributed by atoms with van der Waals surface area (Å²) < 4.78 is 5.94. The second-order valence-corrected chi connectivity index (χ2v) is 6.26. The van der Waals surface area contributed by atoms with Crippen molar-refractivity contribution in [1.29, 1.82) is 0 Å². The van der Waals surface area contributed by atoms with Gasteiger partial charge in [-0.25, -0.2) is 0 Å². The summed E-state index contributed by atoms with van der Waals surface area (Å²) in [6, 6.07) is 3.72. The maximum Gasteiger partial charge on any atom is 0.118 e. The molecule has 3 nitrogen and oxygen atoms in total. The molecule has 1 N–H and O–H groups in total. The van der Waals surface area contributed by atoms with Crippen LogP contribution in [0.2, 0.25) is 0 Å². The molecule has 19 heavy (non-hydrogen) atoms. The van der Waals surface area contributed by atoms with Crippen molar-refractivity contribution in [2.24, 2.45) is 0 Å². The Bertz CT molecular complexity index is 422. The van der Waals surface area contributed by atoms with Gasteiger partial charge in [-0.1, -0.05) is 6.42 Å². The highest BCUT2D eigenvalue weighted by Crippen LogP contribution is 2.23. The van der Waals surface area contributed by atoms with Crippen molar-refractivity contribution < 1.29 is 4.42 Å². The van der Waals surface area contributed by atoms with Gasteiger partial charge in [0.05, 0.1) is 6.54 Å². The van der Waals surface area contributed by atoms with E-state index in [1.807, 2.05) is 0 Å². The number of nitrogens with one attached hydrogen (secondary N) is 1. The zero-order valence-corrected chi connectivity index (χ0v) is 12.2. The van der Waals surface area contributed by atoms with E-state index in [-0.39, 0.29) is 0 Å². The van der Waals surface area contributed by atoms with Gasteiger partial charge in [0.1, 0.15) is 11.5 Å². The van der Waals surface area contributed by atoms with Gasteiger partial charge in [-0.2, -0.15) is 0 Å². The summed E-state index contributed by atoms with van der Waals surface area (Å²) in [7, 11) is 0. The molecule has 1 aromatic rings. The van der Waals surface area contributed by atoms with Crippen molar-refractivity contribution >= 4 is 0 Å². The van der Waals surface area contributed by atoms with Crippen molar-refractivity contribution in [3.63, 3.8) is 0 Å². The number of rotatable bonds is 5. The number of nitrogens with zero attached hydrogens (tertiary/aromatic N) is 1. The fraction of sp³-hybridized carbons (Fsp3) is 0.750. The fourth-order valence-electron chi connectivity index (χ4n) is 2.98. The average molecular weight is 262 g/mol. The van der Waals surface area contributed by atoms with Crippen LogP contribution in [0, 0.1) is 6.92 Å². The van der Waals surface area contributed by atoms with Crippen LogP contribution in [0.25, 0.3) is 0 Å². The molecule has 1 atom stereocenters. The largest absolute Gasteiger partial charge is 0.465 e. The minimum Gasteiger partial charge on any atom is -0.465 e. The Labute approximate surface area is 116 Å². The molecule has 1 aromatic heterocycles. The number of likely N-dealkylation sites (tertiary alicyclic amines) is 1. The van der Waals surface area contributed by atoms with Gasteiger partial charge in [-0.15, -0.1) is 0 Å². The third kappa shape index (κ3) is 3.40. The van der Waals surface area contributed by atoms with E-state index in [0.717, 1.165) is 30.7 Å². The molecule has 3 heteroatoms. The monoisotopic (exact) mass is 262 g/mol. The van der Waals surface area contributed by atoms with Gasteiger partial charge in [0, 0.05) is 24.2 Å². The first-order valence-corrected chi connectivity index (χ1v) is 7.78. The molecule has 0 bridgehead atoms. The molecule has 3 rings (SSSR count). The van der Waals surface area contributed by atoms with Crippen LogP contribution in [-0.2, 0) is 13.1 Å². The minimum absolute atomic E-state index is 0.701. The fourth-order valence-corrected chi connectivity index (χ4v) is 2.98. The summed E-state index contributed by atoms with van der Waals surface area (Å²) >= 11 is 0. The third-order valence-electron chi connectivity index (χ3n) is 4.53. The van der Waals surface area contributed by atoms with Crippen LogP contribution < -0.4 is 5.32 Å². The molecular weight excluding hydrogens is 236 g/mol. The molecule has 2 heterocycles. The van der Waals surface area contributed by atoms with E-state index in [2.05, 4.69) is 30.1 Å². The molecule has 1 aliphatic heterocycles. The van der Waals surface area contributed by atoms with Crippen LogP contribution in [0.15, 0.2) is 10.5 Å². The van der Waals surface area contributed by atoms with Crippen LogP contribution >= 0.6 is 0 Å². The minimum atomic E-state index is 0.701. The van der Waals surface area contributed by atoms with Gasteiger partial charge >= 0.3 is 0 Å². The molecule has 1 saturated carbocycles. The highest BCUT2D eigenvalue weighted by molar-refractivity contribution is 5.21. The molecule has 2 fully saturated rings. The van der Waals surface area contributed by atoms with Gasteiger partial charge in [0.15, 0.2) is 0 Å². The Morgan fingerprint density at radius 3 is 2.89 bits per heavy atom. The highest BCUT2D eigenvalue weighted by Gasteiger charge is 2.22. The van der Waals surface area contributed by atoms with Gasteiger partial charge in [-0.3, -0.25) is 4.90 Å². The van der Waals surface area contributed by atoms with Gasteiger partial charge < -0.3 is 9.73 Å². The first-order valence-electron chi connectivity index (χ1n) is 7.78. The summed E-state index contributed by atoms with van der Waals surface area (Å²) in [5, 5.41) is 3.57. The Morgan fingerprint density at radius 2 is 2.16 bits per heavy atom. The van der Waals surface area contributed by atoms with Crippen LogP contribution in [0.4, 0.5) is 0 Å². The van der Waals surface area contributed by atoms with Crippen LogP contribution in [0.1, 0.15) is 56.1 Å². The summed E-state index contributed by atoms with van der Waals surface area (Å²) in [6.07, 6.45) is 6.73. The predicted octanol–water partition coefficient (Wildman–Crippen LogP) is 3.21. The van der Waals surface area contributed by atoms with Crippen LogP contribution in [0.5, 0.6) is 0 Å². The van der Waals surface area contributed by atoms with E-state index in [1.165, 1.54) is 44.2 Å². The smallest absolute Gasteiger partial charge is 0.118 e. The van der Waals surface area contributed by atoms with Crippen molar-refractivity contribution in [3.8, 4) is 0 Å². The first-order chi connectivity index (χ1) is 9.22. The molecule has 0 aromatic carbocycles. The van der Waals surface area contributed by atoms with Gasteiger partial charge in [-0.05, 0) is 52.1 Å². The molecule has 0 spiro atoms. The molecule has 1 unspecified atom stereocenters. The third-order valence-corrected chi connectivity index (χ3v) is 4.53. The van der Waals surface area contributed by atoms with Crippen LogP contribution in [0.3, 0.4) is 0 Å². The average Bonchev–Trinajstić information content (AvgIpc) is 3.15. The lowest BCUT2D eigenvalue weighted by Crippen LogP contribution is -2.36. The topological polar surface area (TPSA) is 28.4 Å². The number of aryl methyl sites for hydroxylation is 1. The van der Waals surface area contributed by atoms with E-state index in [4.69, 9.17) is 4.42 Å². The quantitative estimate of drug-likeness (QED) is 0.883. The van der Waals surface area contributed by atoms with E-state index >= 15 is 0 Å². The maximum atomic E-state index is 5.94. The zero-order valence-electron chi connectivity index (χ0n) is 12.2. The normalized spacial score (nSPS) is 24.8. The van der Waals surface area contributed by atoms with E-state index in [9.17, 15) is 0 Å². The van der Waals surface area contributed by atoms with Crippen molar-refractivity contribution in [2.75, 3.05) is 6.54 Å². The van der Waals surface area contributed by atoms with Gasteiger partial charge in [0.2, 0.25) is 0 Å². The van der Waals surface area contributed by atoms with Crippen LogP contribution in [-0.4, -0.2) is 23.5 Å². The maximum absolute atomic E-state index is 5.94. The Morgan fingerprint density at radius 1 is 1.32 bits per heavy atom. The molecular formula is C16H26N2O. The standard InChI is InChI=1S/C16H26N2O/c1-12-5-3-4-8-18(12)11-16-9-14(13(2)19-16)10-17-15-6-7-15/h9,12,15,17H,3-8,10-11H2,1-2H3. The summed E-state index contributed by atoms with van der Waals surface area (Å²) in [5.41, 5.74) is 1.34. The SMILES string of the molecule is Cc1oc(CN2CCCCC2C)cc1CNC1CC1. The Balaban J connectivity index is 1.58. The highest BCUT2D eigenvalue weighted by atomic mass is 16.3. The Kier molecular flexibility index (Phi) is 3.94. The molecule has 1 aliphatic carbocycles. The first kappa shape index (κ1) is 13.2. The summed E-state index contributed by atoms with van der Waals surface area (Å²) in [4.78, 5) is 2.56. The van der Waals surface area contributed by atoms with E-state index in [1.54, 1.807) is 0 Å². The summed E-state index contributed by atoms with van der Waals surface area (Å²) in [6.45, 7) is 7.59. The lowest BCUT2D eigenvalue weighted by atomic mass is 10.0. The van der Waals surface area contributed by atoms with E-state index in [0.29, 0.717) is 6.04 Å². The number of hydrogen-bond acceptors (Lipinski definition) is 3. The molecule has 0 amide bonds. The van der Waals surface area contributed by atoms with Crippen molar-refractivity contribution in [1.82, 2.24) is 10.2 Å². The second-order valence-electron chi connectivity index (χ2n) is 6.26. The molecule has 1 saturated heterocycles. The number of hydrogen-bond donors (Lipinski definition) is 1. The van der Waals surface area contributed by atoms with Gasteiger partial charge in [0.25, 0.3) is 0 Å². The molecule has 2 aliphatic rings. The lowest BCUT2D eigenvalue weighted by molar-refractivity contribution is 0.141. The lowest BCUT2D eigenvalue weighted by Gasteiger charge is -2.32. The van der Waals surface area contributed by atoms with Crippen molar-refractivity contribution in [2.45, 2.75) is 71.1 Å². The zero-order chi connectivity index (χ0) is 13.2. The molecule has 0 radical (unpaired) electrons. The predicted molar refractivity (Wildman–Crippen MR) is 77.0 cm³/mol.